The minimum Gasteiger partial charge on any atom is -0.494 e. The molecule has 0 spiro atoms. The number of nitrogens with zero attached hydrogens (tertiary/aromatic N) is 1. The van der Waals surface area contributed by atoms with Gasteiger partial charge in [-0.15, -0.1) is 0 Å². The van der Waals surface area contributed by atoms with Crippen LogP contribution in [0, 0.1) is 6.92 Å². The highest BCUT2D eigenvalue weighted by atomic mass is 35.5. The van der Waals surface area contributed by atoms with E-state index in [2.05, 4.69) is 10.6 Å². The number of hydrogen-bond acceptors (Lipinski definition) is 6. The van der Waals surface area contributed by atoms with Gasteiger partial charge in [0, 0.05) is 5.69 Å². The highest BCUT2D eigenvalue weighted by molar-refractivity contribution is 6.39. The average molecular weight is 534 g/mol. The molecule has 1 fully saturated rings. The van der Waals surface area contributed by atoms with Gasteiger partial charge in [0.15, 0.2) is 6.61 Å². The molecule has 38 heavy (non-hydrogen) atoms. The molecule has 0 unspecified atom stereocenters. The van der Waals surface area contributed by atoms with Gasteiger partial charge in [-0.25, -0.2) is 9.69 Å². The number of barbiturate groups is 1. The van der Waals surface area contributed by atoms with Crippen molar-refractivity contribution >= 4 is 52.8 Å². The standard InChI is InChI=1S/C28H24ClN3O6/c1-3-37-21-11-9-20(10-12-21)32-27(35)22(26(34)31-28(32)36)14-18-6-13-24(23(29)15-18)38-16-25(33)30-19-7-4-17(2)5-8-19/h4-15H,3,16H2,1-2H3,(H,30,33)(H,31,34,36)/b22-14+. The van der Waals surface area contributed by atoms with Crippen molar-refractivity contribution in [1.29, 1.82) is 0 Å². The zero-order valence-electron chi connectivity index (χ0n) is 20.6. The quantitative estimate of drug-likeness (QED) is 0.319. The number of ether oxygens (including phenoxy) is 2. The molecule has 3 aromatic rings. The van der Waals surface area contributed by atoms with E-state index in [1.807, 2.05) is 26.0 Å². The number of anilines is 2. The Morgan fingerprint density at radius 3 is 2.37 bits per heavy atom. The Balaban J connectivity index is 1.46. The fourth-order valence-corrected chi connectivity index (χ4v) is 3.86. The van der Waals surface area contributed by atoms with Crippen LogP contribution in [0.4, 0.5) is 16.2 Å². The molecular formula is C28H24ClN3O6. The molecule has 2 N–H and O–H groups in total. The average Bonchev–Trinajstić information content (AvgIpc) is 2.88. The Morgan fingerprint density at radius 1 is 1.00 bits per heavy atom. The van der Waals surface area contributed by atoms with Gasteiger partial charge in [-0.1, -0.05) is 35.4 Å². The second kappa shape index (κ2) is 11.6. The van der Waals surface area contributed by atoms with Gasteiger partial charge in [-0.05, 0) is 74.0 Å². The Bertz CT molecular complexity index is 1420. The summed E-state index contributed by atoms with van der Waals surface area (Å²) in [5.41, 5.74) is 2.17. The molecule has 0 atom stereocenters. The maximum atomic E-state index is 13.1. The first-order chi connectivity index (χ1) is 18.2. The van der Waals surface area contributed by atoms with E-state index in [9.17, 15) is 19.2 Å². The smallest absolute Gasteiger partial charge is 0.335 e. The predicted octanol–water partition coefficient (Wildman–Crippen LogP) is 4.73. The molecule has 1 heterocycles. The molecule has 9 nitrogen and oxygen atoms in total. The van der Waals surface area contributed by atoms with Crippen LogP contribution in [0.15, 0.2) is 72.3 Å². The van der Waals surface area contributed by atoms with Crippen LogP contribution >= 0.6 is 11.6 Å². The SMILES string of the molecule is CCOc1ccc(N2C(=O)NC(=O)/C(=C\c3ccc(OCC(=O)Nc4ccc(C)cc4)c(Cl)c3)C2=O)cc1. The number of imide groups is 2. The van der Waals surface area contributed by atoms with E-state index in [4.69, 9.17) is 21.1 Å². The first-order valence-electron chi connectivity index (χ1n) is 11.7. The number of urea groups is 1. The number of rotatable bonds is 8. The number of nitrogens with one attached hydrogen (secondary N) is 2. The number of hydrogen-bond donors (Lipinski definition) is 2. The molecule has 3 aromatic carbocycles. The monoisotopic (exact) mass is 533 g/mol. The maximum absolute atomic E-state index is 13.1. The summed E-state index contributed by atoms with van der Waals surface area (Å²) < 4.78 is 10.9. The molecule has 5 amide bonds. The Hall–Kier alpha value is -4.63. The third-order valence-electron chi connectivity index (χ3n) is 5.47. The van der Waals surface area contributed by atoms with Gasteiger partial charge in [0.05, 0.1) is 17.3 Å². The summed E-state index contributed by atoms with van der Waals surface area (Å²) in [6, 6.07) is 17.4. The Morgan fingerprint density at radius 2 is 1.71 bits per heavy atom. The topological polar surface area (TPSA) is 114 Å². The van der Waals surface area contributed by atoms with Crippen molar-refractivity contribution < 1.29 is 28.7 Å². The maximum Gasteiger partial charge on any atom is 0.335 e. The highest BCUT2D eigenvalue weighted by Gasteiger charge is 2.36. The van der Waals surface area contributed by atoms with E-state index >= 15 is 0 Å². The van der Waals surface area contributed by atoms with Crippen LogP contribution in [0.5, 0.6) is 11.5 Å². The van der Waals surface area contributed by atoms with E-state index in [1.165, 1.54) is 18.2 Å². The summed E-state index contributed by atoms with van der Waals surface area (Å²) in [7, 11) is 0. The van der Waals surface area contributed by atoms with Gasteiger partial charge < -0.3 is 14.8 Å². The van der Waals surface area contributed by atoms with Crippen molar-refractivity contribution in [3.05, 3.63) is 88.5 Å². The van der Waals surface area contributed by atoms with Crippen molar-refractivity contribution in [2.75, 3.05) is 23.4 Å². The first kappa shape index (κ1) is 26.4. The van der Waals surface area contributed by atoms with E-state index in [-0.39, 0.29) is 34.5 Å². The lowest BCUT2D eigenvalue weighted by molar-refractivity contribution is -0.122. The second-order valence-corrected chi connectivity index (χ2v) is 8.68. The highest BCUT2D eigenvalue weighted by Crippen LogP contribution is 2.28. The molecule has 1 saturated heterocycles. The van der Waals surface area contributed by atoms with Gasteiger partial charge >= 0.3 is 6.03 Å². The van der Waals surface area contributed by atoms with Crippen LogP contribution in [0.3, 0.4) is 0 Å². The Kier molecular flexibility index (Phi) is 8.08. The van der Waals surface area contributed by atoms with Crippen LogP contribution in [0.25, 0.3) is 6.08 Å². The molecule has 0 radical (unpaired) electrons. The molecule has 1 aliphatic rings. The summed E-state index contributed by atoms with van der Waals surface area (Å²) in [5, 5.41) is 5.07. The van der Waals surface area contributed by atoms with E-state index in [0.717, 1.165) is 10.5 Å². The normalized spacial score (nSPS) is 14.3. The molecular weight excluding hydrogens is 510 g/mol. The summed E-state index contributed by atoms with van der Waals surface area (Å²) in [6.07, 6.45) is 1.32. The van der Waals surface area contributed by atoms with Crippen molar-refractivity contribution in [2.24, 2.45) is 0 Å². The predicted molar refractivity (Wildman–Crippen MR) is 143 cm³/mol. The lowest BCUT2D eigenvalue weighted by Crippen LogP contribution is -2.54. The van der Waals surface area contributed by atoms with Crippen molar-refractivity contribution in [3.63, 3.8) is 0 Å². The van der Waals surface area contributed by atoms with Gasteiger partial charge in [0.25, 0.3) is 17.7 Å². The number of aryl methyl sites for hydroxylation is 1. The van der Waals surface area contributed by atoms with E-state index < -0.39 is 17.8 Å². The number of carbonyl (C=O) groups excluding carboxylic acids is 4. The molecule has 0 aliphatic carbocycles. The van der Waals surface area contributed by atoms with Crippen LogP contribution < -0.4 is 25.0 Å². The zero-order valence-corrected chi connectivity index (χ0v) is 21.4. The van der Waals surface area contributed by atoms with Gasteiger partial charge in [0.2, 0.25) is 0 Å². The number of benzene rings is 3. The zero-order chi connectivity index (χ0) is 27.2. The van der Waals surface area contributed by atoms with E-state index in [1.54, 1.807) is 42.5 Å². The largest absolute Gasteiger partial charge is 0.494 e. The second-order valence-electron chi connectivity index (χ2n) is 8.28. The van der Waals surface area contributed by atoms with Gasteiger partial charge in [-0.3, -0.25) is 19.7 Å². The molecule has 4 rings (SSSR count). The summed E-state index contributed by atoms with van der Waals surface area (Å²) >= 11 is 6.32. The third-order valence-corrected chi connectivity index (χ3v) is 5.76. The fraction of sp³-hybridized carbons (Fsp3) is 0.143. The summed E-state index contributed by atoms with van der Waals surface area (Å²) in [4.78, 5) is 51.1. The van der Waals surface area contributed by atoms with Crippen LogP contribution in [-0.2, 0) is 14.4 Å². The molecule has 0 aromatic heterocycles. The minimum absolute atomic E-state index is 0.172. The van der Waals surface area contributed by atoms with Crippen LogP contribution in [0.1, 0.15) is 18.1 Å². The van der Waals surface area contributed by atoms with Gasteiger partial charge in [-0.2, -0.15) is 0 Å². The van der Waals surface area contributed by atoms with E-state index in [0.29, 0.717) is 23.6 Å². The minimum atomic E-state index is -0.855. The summed E-state index contributed by atoms with van der Waals surface area (Å²) in [5.74, 6) is -1.14. The molecule has 1 aliphatic heterocycles. The van der Waals surface area contributed by atoms with Gasteiger partial charge in [0.1, 0.15) is 17.1 Å². The third kappa shape index (κ3) is 6.19. The molecule has 0 bridgehead atoms. The first-order valence-corrected chi connectivity index (χ1v) is 12.1. The molecule has 0 saturated carbocycles. The number of amides is 5. The van der Waals surface area contributed by atoms with Crippen molar-refractivity contribution in [3.8, 4) is 11.5 Å². The fourth-order valence-electron chi connectivity index (χ4n) is 3.62. The van der Waals surface area contributed by atoms with Crippen LogP contribution in [0.2, 0.25) is 5.02 Å². The number of carbonyl (C=O) groups is 4. The Labute approximate surface area is 224 Å². The van der Waals surface area contributed by atoms with Crippen molar-refractivity contribution in [1.82, 2.24) is 5.32 Å². The lowest BCUT2D eigenvalue weighted by atomic mass is 10.1. The number of halogens is 1. The lowest BCUT2D eigenvalue weighted by Gasteiger charge is -2.26. The van der Waals surface area contributed by atoms with Crippen molar-refractivity contribution in [2.45, 2.75) is 13.8 Å². The summed E-state index contributed by atoms with van der Waals surface area (Å²) in [6.45, 7) is 3.99. The molecule has 10 heteroatoms. The molecule has 194 valence electrons. The van der Waals surface area contributed by atoms with Crippen LogP contribution in [-0.4, -0.2) is 37.0 Å².